The summed E-state index contributed by atoms with van der Waals surface area (Å²) >= 11 is 0. The maximum Gasteiger partial charge on any atom is 0.227 e. The number of aromatic amines is 1. The minimum atomic E-state index is 0.255. The monoisotopic (exact) mass is 354 g/mol. The van der Waals surface area contributed by atoms with Gasteiger partial charge in [0.15, 0.2) is 0 Å². The van der Waals surface area contributed by atoms with Crippen LogP contribution >= 0.6 is 0 Å². The van der Waals surface area contributed by atoms with Crippen molar-refractivity contribution in [2.45, 2.75) is 51.6 Å². The fourth-order valence-corrected chi connectivity index (χ4v) is 4.46. The normalized spacial score (nSPS) is 24.7. The van der Waals surface area contributed by atoms with E-state index in [-0.39, 0.29) is 5.91 Å². The third-order valence-corrected chi connectivity index (χ3v) is 6.24. The first-order valence-electron chi connectivity index (χ1n) is 9.95. The van der Waals surface area contributed by atoms with Gasteiger partial charge in [-0.15, -0.1) is 0 Å². The molecule has 2 atom stereocenters. The number of carbonyl (C=O) groups is 1. The van der Waals surface area contributed by atoms with Gasteiger partial charge in [-0.2, -0.15) is 0 Å². The molecule has 0 spiro atoms. The van der Waals surface area contributed by atoms with Crippen molar-refractivity contribution >= 4 is 16.8 Å². The van der Waals surface area contributed by atoms with Gasteiger partial charge in [0.1, 0.15) is 0 Å². The summed E-state index contributed by atoms with van der Waals surface area (Å²) in [5, 5.41) is 1.16. The molecule has 3 heterocycles. The second kappa shape index (κ2) is 7.41. The van der Waals surface area contributed by atoms with E-state index in [4.69, 9.17) is 0 Å². The molecule has 3 N–H and O–H groups in total. The molecule has 2 saturated heterocycles. The summed E-state index contributed by atoms with van der Waals surface area (Å²) in [5.41, 5.74) is 9.16. The van der Waals surface area contributed by atoms with Crippen LogP contribution in [0.25, 0.3) is 10.9 Å². The molecule has 1 amide bonds. The van der Waals surface area contributed by atoms with Crippen LogP contribution in [0.15, 0.2) is 30.5 Å². The highest BCUT2D eigenvalue weighted by molar-refractivity contribution is 5.88. The quantitative estimate of drug-likeness (QED) is 0.791. The Balaban J connectivity index is 1.31. The number of hydrazine groups is 1. The van der Waals surface area contributed by atoms with Gasteiger partial charge < -0.3 is 9.88 Å². The van der Waals surface area contributed by atoms with Gasteiger partial charge in [0.25, 0.3) is 0 Å². The molecule has 140 valence electrons. The summed E-state index contributed by atoms with van der Waals surface area (Å²) in [5.74, 6) is 1.58. The summed E-state index contributed by atoms with van der Waals surface area (Å²) in [6.45, 7) is 6.31. The lowest BCUT2D eigenvalue weighted by Crippen LogP contribution is -2.45. The van der Waals surface area contributed by atoms with E-state index >= 15 is 0 Å². The first kappa shape index (κ1) is 17.6. The van der Waals surface area contributed by atoms with Crippen LogP contribution in [0.1, 0.15) is 38.7 Å². The molecule has 1 aromatic heterocycles. The Labute approximate surface area is 155 Å². The number of para-hydroxylation sites is 1. The fraction of sp³-hybridized carbons (Fsp3) is 0.571. The van der Waals surface area contributed by atoms with E-state index in [0.29, 0.717) is 30.3 Å². The van der Waals surface area contributed by atoms with Crippen molar-refractivity contribution in [3.63, 3.8) is 0 Å². The molecular formula is C21H30N4O. The third kappa shape index (κ3) is 3.51. The number of rotatable bonds is 4. The number of piperidine rings is 1. The third-order valence-electron chi connectivity index (χ3n) is 6.24. The molecule has 2 aliphatic rings. The number of nitrogens with zero attached hydrogens (tertiary/aromatic N) is 1. The Kier molecular flexibility index (Phi) is 5.00. The maximum atomic E-state index is 12.8. The Morgan fingerprint density at radius 1 is 1.19 bits per heavy atom. The van der Waals surface area contributed by atoms with E-state index in [1.54, 1.807) is 0 Å². The molecule has 4 rings (SSSR count). The molecule has 5 nitrogen and oxygen atoms in total. The van der Waals surface area contributed by atoms with Crippen molar-refractivity contribution in [3.05, 3.63) is 36.0 Å². The molecule has 1 aromatic carbocycles. The van der Waals surface area contributed by atoms with Gasteiger partial charge in [0.2, 0.25) is 5.91 Å². The van der Waals surface area contributed by atoms with Crippen LogP contribution in [0.5, 0.6) is 0 Å². The largest absolute Gasteiger partial charge is 0.361 e. The smallest absolute Gasteiger partial charge is 0.227 e. The van der Waals surface area contributed by atoms with Gasteiger partial charge in [0.05, 0.1) is 6.42 Å². The van der Waals surface area contributed by atoms with Crippen molar-refractivity contribution in [3.8, 4) is 0 Å². The van der Waals surface area contributed by atoms with Gasteiger partial charge in [-0.25, -0.2) is 0 Å². The lowest BCUT2D eigenvalue weighted by Gasteiger charge is -2.34. The molecule has 2 aliphatic heterocycles. The number of nitrogens with one attached hydrogen (secondary N) is 3. The second-order valence-corrected chi connectivity index (χ2v) is 8.24. The number of carbonyl (C=O) groups excluding carboxylic acids is 1. The summed E-state index contributed by atoms with van der Waals surface area (Å²) in [6.07, 6.45) is 5.88. The van der Waals surface area contributed by atoms with E-state index in [1.165, 1.54) is 6.42 Å². The zero-order valence-corrected chi connectivity index (χ0v) is 15.8. The van der Waals surface area contributed by atoms with Gasteiger partial charge in [0, 0.05) is 42.3 Å². The lowest BCUT2D eigenvalue weighted by molar-refractivity contribution is -0.131. The molecular weight excluding hydrogens is 324 g/mol. The number of benzene rings is 1. The molecule has 5 heteroatoms. The number of hydrogen-bond donors (Lipinski definition) is 3. The Morgan fingerprint density at radius 2 is 1.96 bits per heavy atom. The van der Waals surface area contributed by atoms with Crippen LogP contribution in [0.3, 0.4) is 0 Å². The molecule has 2 aromatic rings. The van der Waals surface area contributed by atoms with E-state index < -0.39 is 0 Å². The van der Waals surface area contributed by atoms with E-state index in [1.807, 2.05) is 18.3 Å². The minimum absolute atomic E-state index is 0.255. The van der Waals surface area contributed by atoms with Gasteiger partial charge >= 0.3 is 0 Å². The molecule has 0 saturated carbocycles. The standard InChI is InChI=1S/C21H30N4O/c1-14(2)19-12-20(24-23-19)15-7-9-25(10-8-15)21(26)11-16-13-22-18-6-4-3-5-17(16)18/h3-6,13-15,19-20,22-24H,7-12H2,1-2H3. The SMILES string of the molecule is CC(C)C1CC(C2CCN(C(=O)Cc3c[nH]c4ccccc34)CC2)NN1. The van der Waals surface area contributed by atoms with Crippen LogP contribution in [-0.4, -0.2) is 41.0 Å². The predicted molar refractivity (Wildman–Crippen MR) is 105 cm³/mol. The van der Waals surface area contributed by atoms with Crippen LogP contribution in [0.2, 0.25) is 0 Å². The number of H-pyrrole nitrogens is 1. The van der Waals surface area contributed by atoms with Gasteiger partial charge in [-0.05, 0) is 42.7 Å². The highest BCUT2D eigenvalue weighted by atomic mass is 16.2. The van der Waals surface area contributed by atoms with Crippen LogP contribution in [0, 0.1) is 11.8 Å². The number of aromatic nitrogens is 1. The van der Waals surface area contributed by atoms with Crippen molar-refractivity contribution in [2.24, 2.45) is 11.8 Å². The van der Waals surface area contributed by atoms with Crippen LogP contribution in [0.4, 0.5) is 0 Å². The zero-order valence-electron chi connectivity index (χ0n) is 15.8. The first-order valence-corrected chi connectivity index (χ1v) is 9.95. The van der Waals surface area contributed by atoms with Crippen molar-refractivity contribution in [1.82, 2.24) is 20.7 Å². The molecule has 0 aliphatic carbocycles. The summed E-state index contributed by atoms with van der Waals surface area (Å²) in [4.78, 5) is 18.1. The number of hydrogen-bond acceptors (Lipinski definition) is 3. The Hall–Kier alpha value is -1.85. The average Bonchev–Trinajstić information content (AvgIpc) is 3.30. The van der Waals surface area contributed by atoms with Crippen LogP contribution < -0.4 is 10.9 Å². The maximum absolute atomic E-state index is 12.8. The van der Waals surface area contributed by atoms with Gasteiger partial charge in [-0.3, -0.25) is 15.6 Å². The number of fused-ring (bicyclic) bond motifs is 1. The van der Waals surface area contributed by atoms with Crippen molar-refractivity contribution in [2.75, 3.05) is 13.1 Å². The second-order valence-electron chi connectivity index (χ2n) is 8.24. The molecule has 0 bridgehead atoms. The first-order chi connectivity index (χ1) is 12.6. The van der Waals surface area contributed by atoms with Crippen molar-refractivity contribution in [1.29, 1.82) is 0 Å². The Bertz CT molecular complexity index is 760. The summed E-state index contributed by atoms with van der Waals surface area (Å²) < 4.78 is 0. The molecule has 26 heavy (non-hydrogen) atoms. The Morgan fingerprint density at radius 3 is 2.69 bits per heavy atom. The molecule has 0 radical (unpaired) electrons. The fourth-order valence-electron chi connectivity index (χ4n) is 4.46. The van der Waals surface area contributed by atoms with Crippen LogP contribution in [-0.2, 0) is 11.2 Å². The summed E-state index contributed by atoms with van der Waals surface area (Å²) in [6, 6.07) is 9.31. The number of likely N-dealkylation sites (tertiary alicyclic amines) is 1. The molecule has 2 fully saturated rings. The average molecular weight is 354 g/mol. The minimum Gasteiger partial charge on any atom is -0.361 e. The summed E-state index contributed by atoms with van der Waals surface area (Å²) in [7, 11) is 0. The predicted octanol–water partition coefficient (Wildman–Crippen LogP) is 2.84. The van der Waals surface area contributed by atoms with Gasteiger partial charge in [-0.1, -0.05) is 32.0 Å². The van der Waals surface area contributed by atoms with E-state index in [9.17, 15) is 4.79 Å². The molecule has 2 unspecified atom stereocenters. The topological polar surface area (TPSA) is 60.2 Å². The lowest BCUT2D eigenvalue weighted by atomic mass is 9.85. The number of amides is 1. The highest BCUT2D eigenvalue weighted by Crippen LogP contribution is 2.27. The highest BCUT2D eigenvalue weighted by Gasteiger charge is 2.34. The van der Waals surface area contributed by atoms with E-state index in [0.717, 1.165) is 42.4 Å². The van der Waals surface area contributed by atoms with E-state index in [2.05, 4.69) is 46.7 Å². The van der Waals surface area contributed by atoms with Crippen molar-refractivity contribution < 1.29 is 4.79 Å². The zero-order chi connectivity index (χ0) is 18.1.